The van der Waals surface area contributed by atoms with Crippen molar-refractivity contribution in [2.45, 2.75) is 49.8 Å². The first-order chi connectivity index (χ1) is 19.1. The predicted molar refractivity (Wildman–Crippen MR) is 148 cm³/mol. The van der Waals surface area contributed by atoms with Gasteiger partial charge in [0, 0.05) is 6.42 Å². The molecule has 0 bridgehead atoms. The van der Waals surface area contributed by atoms with E-state index in [1.165, 1.54) is 27.9 Å². The van der Waals surface area contributed by atoms with Gasteiger partial charge in [0.15, 0.2) is 17.0 Å². The summed E-state index contributed by atoms with van der Waals surface area (Å²) in [6, 6.07) is 17.1. The average molecular weight is 522 g/mol. The van der Waals surface area contributed by atoms with Crippen LogP contribution in [0.15, 0.2) is 61.2 Å². The third-order valence-electron chi connectivity index (χ3n) is 8.52. The molecule has 9 heteroatoms. The molecule has 1 aliphatic heterocycles. The predicted octanol–water partition coefficient (Wildman–Crippen LogP) is 4.34. The van der Waals surface area contributed by atoms with Crippen LogP contribution in [0.4, 0.5) is 5.82 Å². The number of fused-ring (bicyclic) bond motifs is 3. The Balaban J connectivity index is 1.24. The molecule has 196 valence electrons. The lowest BCUT2D eigenvalue weighted by molar-refractivity contribution is -0.0432. The molecule has 0 amide bonds. The Morgan fingerprint density at radius 3 is 2.59 bits per heavy atom. The van der Waals surface area contributed by atoms with Gasteiger partial charge in [-0.3, -0.25) is 4.57 Å². The zero-order chi connectivity index (χ0) is 26.2. The fourth-order valence-electron chi connectivity index (χ4n) is 6.67. The summed E-state index contributed by atoms with van der Waals surface area (Å²) in [5.41, 5.74) is 3.24. The standard InChI is InChI=1S/C30H27N5O4/c36-12-23-22(38)11-24(39-23)35-14-33-28-29(31-13-32-30(28)35)34-20-8-9-21(37)19-10-17-5-4-15-2-1-3-16-6-7-18(27(19)20)26(17)25(15)16/h1-7,10,13-14,20-24,36-38H,8-9,11-12H2,(H,31,32,34). The summed E-state index contributed by atoms with van der Waals surface area (Å²) in [6.07, 6.45) is 2.48. The van der Waals surface area contributed by atoms with Gasteiger partial charge in [-0.05, 0) is 62.4 Å². The Labute approximate surface area is 223 Å². The molecule has 39 heavy (non-hydrogen) atoms. The number of hydrogen-bond donors (Lipinski definition) is 4. The fraction of sp³-hybridized carbons (Fsp3) is 0.300. The second-order valence-electron chi connectivity index (χ2n) is 10.7. The van der Waals surface area contributed by atoms with Gasteiger partial charge in [-0.2, -0.15) is 0 Å². The lowest BCUT2D eigenvalue weighted by Gasteiger charge is -2.32. The largest absolute Gasteiger partial charge is 0.394 e. The molecule has 0 saturated carbocycles. The van der Waals surface area contributed by atoms with Crippen molar-refractivity contribution in [1.29, 1.82) is 0 Å². The number of nitrogens with zero attached hydrogens (tertiary/aromatic N) is 4. The SMILES string of the molecule is OCC1OC(n2cnc3c(NC4CCC(O)c5cc6ccc7cccc8ccc(c54)c6c78)ncnc32)CC1O. The highest BCUT2D eigenvalue weighted by atomic mass is 16.5. The van der Waals surface area contributed by atoms with E-state index in [4.69, 9.17) is 4.74 Å². The van der Waals surface area contributed by atoms with Gasteiger partial charge in [0.1, 0.15) is 18.7 Å². The van der Waals surface area contributed by atoms with Gasteiger partial charge in [0.25, 0.3) is 0 Å². The monoisotopic (exact) mass is 521 g/mol. The van der Waals surface area contributed by atoms with Crippen molar-refractivity contribution in [2.24, 2.45) is 0 Å². The van der Waals surface area contributed by atoms with E-state index in [0.29, 0.717) is 29.8 Å². The smallest absolute Gasteiger partial charge is 0.167 e. The van der Waals surface area contributed by atoms with Crippen molar-refractivity contribution < 1.29 is 20.1 Å². The van der Waals surface area contributed by atoms with E-state index in [9.17, 15) is 15.3 Å². The van der Waals surface area contributed by atoms with Crippen LogP contribution < -0.4 is 5.32 Å². The van der Waals surface area contributed by atoms with Crippen molar-refractivity contribution in [3.05, 3.63) is 72.3 Å². The number of ether oxygens (including phenoxy) is 1. The first-order valence-corrected chi connectivity index (χ1v) is 13.4. The highest BCUT2D eigenvalue weighted by Crippen LogP contribution is 2.46. The zero-order valence-corrected chi connectivity index (χ0v) is 21.0. The maximum absolute atomic E-state index is 11.1. The van der Waals surface area contributed by atoms with E-state index in [-0.39, 0.29) is 12.6 Å². The number of benzene rings is 4. The molecule has 8 rings (SSSR count). The summed E-state index contributed by atoms with van der Waals surface area (Å²) >= 11 is 0. The highest BCUT2D eigenvalue weighted by Gasteiger charge is 2.36. The first kappa shape index (κ1) is 23.0. The summed E-state index contributed by atoms with van der Waals surface area (Å²) in [6.45, 7) is -0.249. The molecule has 1 fully saturated rings. The minimum absolute atomic E-state index is 0.0838. The van der Waals surface area contributed by atoms with Gasteiger partial charge < -0.3 is 25.4 Å². The fourth-order valence-corrected chi connectivity index (χ4v) is 6.67. The normalized spacial score (nSPS) is 25.3. The number of aliphatic hydroxyl groups excluding tert-OH is 3. The Kier molecular flexibility index (Phi) is 5.05. The summed E-state index contributed by atoms with van der Waals surface area (Å²) in [4.78, 5) is 13.6. The number of hydrogen-bond acceptors (Lipinski definition) is 8. The molecule has 5 unspecified atom stereocenters. The van der Waals surface area contributed by atoms with Crippen LogP contribution in [-0.4, -0.2) is 53.7 Å². The van der Waals surface area contributed by atoms with E-state index in [2.05, 4.69) is 68.8 Å². The van der Waals surface area contributed by atoms with Crippen LogP contribution in [0.5, 0.6) is 0 Å². The summed E-state index contributed by atoms with van der Waals surface area (Å²) in [7, 11) is 0. The van der Waals surface area contributed by atoms with E-state index >= 15 is 0 Å². The Hall–Kier alpha value is -3.89. The highest BCUT2D eigenvalue weighted by molar-refractivity contribution is 6.24. The zero-order valence-electron chi connectivity index (χ0n) is 21.0. The number of imidazole rings is 1. The molecule has 5 atom stereocenters. The molecule has 6 aromatic rings. The summed E-state index contributed by atoms with van der Waals surface area (Å²) in [5, 5.41) is 41.6. The molecular weight excluding hydrogens is 494 g/mol. The molecule has 2 aliphatic rings. The van der Waals surface area contributed by atoms with Crippen molar-refractivity contribution in [2.75, 3.05) is 11.9 Å². The van der Waals surface area contributed by atoms with Crippen molar-refractivity contribution in [3.63, 3.8) is 0 Å². The number of nitrogens with one attached hydrogen (secondary N) is 1. The van der Waals surface area contributed by atoms with Gasteiger partial charge >= 0.3 is 0 Å². The molecule has 1 saturated heterocycles. The van der Waals surface area contributed by atoms with E-state index in [1.54, 1.807) is 10.9 Å². The van der Waals surface area contributed by atoms with Crippen molar-refractivity contribution >= 4 is 49.3 Å². The van der Waals surface area contributed by atoms with Crippen LogP contribution in [0.25, 0.3) is 43.5 Å². The molecule has 0 radical (unpaired) electrons. The first-order valence-electron chi connectivity index (χ1n) is 13.4. The maximum Gasteiger partial charge on any atom is 0.167 e. The van der Waals surface area contributed by atoms with Crippen LogP contribution in [0.1, 0.15) is 48.8 Å². The van der Waals surface area contributed by atoms with Gasteiger partial charge in [-0.25, -0.2) is 15.0 Å². The second kappa shape index (κ2) is 8.56. The molecule has 3 heterocycles. The average Bonchev–Trinajstić information content (AvgIpc) is 3.56. The minimum Gasteiger partial charge on any atom is -0.394 e. The van der Waals surface area contributed by atoms with Crippen LogP contribution in [0, 0.1) is 0 Å². The molecule has 4 N–H and O–H groups in total. The summed E-state index contributed by atoms with van der Waals surface area (Å²) < 4.78 is 7.63. The number of aliphatic hydroxyl groups is 3. The van der Waals surface area contributed by atoms with Crippen molar-refractivity contribution in [1.82, 2.24) is 19.5 Å². The molecular formula is C30H27N5O4. The van der Waals surface area contributed by atoms with Gasteiger partial charge in [-0.1, -0.05) is 42.5 Å². The van der Waals surface area contributed by atoms with Crippen molar-refractivity contribution in [3.8, 4) is 0 Å². The quantitative estimate of drug-likeness (QED) is 0.253. The third kappa shape index (κ3) is 3.37. The Morgan fingerprint density at radius 2 is 1.77 bits per heavy atom. The molecule has 0 spiro atoms. The maximum atomic E-state index is 11.1. The van der Waals surface area contributed by atoms with Gasteiger partial charge in [-0.15, -0.1) is 0 Å². The van der Waals surface area contributed by atoms with E-state index in [1.807, 2.05) is 0 Å². The number of rotatable bonds is 4. The number of aromatic nitrogens is 4. The third-order valence-corrected chi connectivity index (χ3v) is 8.52. The second-order valence-corrected chi connectivity index (χ2v) is 10.7. The molecule has 4 aromatic carbocycles. The molecule has 2 aromatic heterocycles. The topological polar surface area (TPSA) is 126 Å². The lowest BCUT2D eigenvalue weighted by atomic mass is 9.80. The Bertz CT molecular complexity index is 1850. The van der Waals surface area contributed by atoms with Crippen LogP contribution in [-0.2, 0) is 4.74 Å². The minimum atomic E-state index is -0.751. The van der Waals surface area contributed by atoms with Crippen LogP contribution in [0.2, 0.25) is 0 Å². The van der Waals surface area contributed by atoms with Crippen LogP contribution >= 0.6 is 0 Å². The van der Waals surface area contributed by atoms with Crippen LogP contribution in [0.3, 0.4) is 0 Å². The van der Waals surface area contributed by atoms with Gasteiger partial charge in [0.05, 0.1) is 31.2 Å². The van der Waals surface area contributed by atoms with Gasteiger partial charge in [0.2, 0.25) is 0 Å². The molecule has 1 aliphatic carbocycles. The summed E-state index contributed by atoms with van der Waals surface area (Å²) in [5.74, 6) is 0.606. The molecule has 9 nitrogen and oxygen atoms in total. The van der Waals surface area contributed by atoms with E-state index in [0.717, 1.165) is 28.3 Å². The number of anilines is 1. The Morgan fingerprint density at radius 1 is 0.949 bits per heavy atom. The van der Waals surface area contributed by atoms with E-state index < -0.39 is 24.5 Å². The lowest BCUT2D eigenvalue weighted by Crippen LogP contribution is -2.24.